The van der Waals surface area contributed by atoms with Gasteiger partial charge in [0.15, 0.2) is 0 Å². The first-order valence-corrected chi connectivity index (χ1v) is 9.48. The Hall–Kier alpha value is -3.72. The number of nitrogens with zero attached hydrogens (tertiary/aromatic N) is 3. The largest absolute Gasteiger partial charge is 0.491 e. The average Bonchev–Trinajstić information content (AvgIpc) is 3.04. The number of rotatable bonds is 4. The van der Waals surface area contributed by atoms with Crippen molar-refractivity contribution in [3.63, 3.8) is 0 Å². The van der Waals surface area contributed by atoms with Gasteiger partial charge in [0.25, 0.3) is 0 Å². The van der Waals surface area contributed by atoms with Crippen LogP contribution in [0, 0.1) is 18.3 Å². The molecule has 29 heavy (non-hydrogen) atoms. The van der Waals surface area contributed by atoms with Gasteiger partial charge in [0, 0.05) is 0 Å². The molecule has 0 saturated heterocycles. The summed E-state index contributed by atoms with van der Waals surface area (Å²) in [5, 5.41) is 14.5. The lowest BCUT2D eigenvalue weighted by molar-refractivity contribution is 0.242. The number of nitriles is 1. The maximum atomic E-state index is 9.79. The Morgan fingerprint density at radius 2 is 1.83 bits per heavy atom. The van der Waals surface area contributed by atoms with E-state index in [-0.39, 0.29) is 17.9 Å². The van der Waals surface area contributed by atoms with Gasteiger partial charge in [-0.2, -0.15) is 10.4 Å². The maximum absolute atomic E-state index is 9.79. The molecule has 0 bridgehead atoms. The first-order valence-electron chi connectivity index (χ1n) is 9.48. The fourth-order valence-corrected chi connectivity index (χ4v) is 3.60. The number of para-hydroxylation sites is 1. The molecule has 1 aromatic heterocycles. The van der Waals surface area contributed by atoms with Gasteiger partial charge in [-0.1, -0.05) is 30.3 Å². The van der Waals surface area contributed by atoms with Crippen LogP contribution in [0.15, 0.2) is 66.1 Å². The standard InChI is InChI=1S/C23H22N4O2/c1-14(2)28-18-11-9-16(10-12-18)21-19(13-24)22(25)29-23-20(21)15(3)26-27(23)17-7-5-4-6-8-17/h4-12,14,21H,25H2,1-3H3/t21-/m1/s1. The Kier molecular flexibility index (Phi) is 4.73. The molecule has 0 amide bonds. The predicted octanol–water partition coefficient (Wildman–Crippen LogP) is 4.19. The Morgan fingerprint density at radius 1 is 1.14 bits per heavy atom. The first kappa shape index (κ1) is 18.6. The van der Waals surface area contributed by atoms with Crippen LogP contribution >= 0.6 is 0 Å². The second-order valence-electron chi connectivity index (χ2n) is 7.21. The fraction of sp³-hybridized carbons (Fsp3) is 0.217. The molecule has 1 atom stereocenters. The molecule has 2 N–H and O–H groups in total. The van der Waals surface area contributed by atoms with E-state index in [4.69, 9.17) is 15.2 Å². The number of fused-ring (bicyclic) bond motifs is 1. The fourth-order valence-electron chi connectivity index (χ4n) is 3.60. The van der Waals surface area contributed by atoms with E-state index in [2.05, 4.69) is 11.2 Å². The molecule has 3 aromatic rings. The number of hydrogen-bond donors (Lipinski definition) is 1. The molecular weight excluding hydrogens is 364 g/mol. The minimum atomic E-state index is -0.352. The van der Waals surface area contributed by atoms with Crippen molar-refractivity contribution in [2.45, 2.75) is 32.8 Å². The van der Waals surface area contributed by atoms with Crippen molar-refractivity contribution in [1.29, 1.82) is 5.26 Å². The van der Waals surface area contributed by atoms with Gasteiger partial charge in [0.05, 0.1) is 29.0 Å². The highest BCUT2D eigenvalue weighted by Gasteiger charge is 2.36. The van der Waals surface area contributed by atoms with E-state index in [9.17, 15) is 5.26 Å². The average molecular weight is 386 g/mol. The smallest absolute Gasteiger partial charge is 0.229 e. The summed E-state index contributed by atoms with van der Waals surface area (Å²) in [5.41, 5.74) is 9.96. The van der Waals surface area contributed by atoms with Crippen molar-refractivity contribution in [2.24, 2.45) is 5.73 Å². The van der Waals surface area contributed by atoms with Gasteiger partial charge in [0.1, 0.15) is 17.4 Å². The monoisotopic (exact) mass is 386 g/mol. The third-order valence-electron chi connectivity index (χ3n) is 4.82. The van der Waals surface area contributed by atoms with Gasteiger partial charge in [-0.05, 0) is 50.6 Å². The molecule has 0 spiro atoms. The molecule has 1 aliphatic heterocycles. The van der Waals surface area contributed by atoms with Crippen LogP contribution in [0.25, 0.3) is 5.69 Å². The SMILES string of the molecule is Cc1nn(-c2ccccc2)c2c1[C@H](c1ccc(OC(C)C)cc1)C(C#N)=C(N)O2. The van der Waals surface area contributed by atoms with E-state index in [1.807, 2.05) is 75.4 Å². The Labute approximate surface area is 169 Å². The number of aromatic nitrogens is 2. The second-order valence-corrected chi connectivity index (χ2v) is 7.21. The van der Waals surface area contributed by atoms with E-state index in [0.29, 0.717) is 11.5 Å². The predicted molar refractivity (Wildman–Crippen MR) is 110 cm³/mol. The topological polar surface area (TPSA) is 86.1 Å². The van der Waals surface area contributed by atoms with Gasteiger partial charge in [-0.25, -0.2) is 4.68 Å². The number of ether oxygens (including phenoxy) is 2. The quantitative estimate of drug-likeness (QED) is 0.727. The normalized spacial score (nSPS) is 15.6. The van der Waals surface area contributed by atoms with E-state index in [1.54, 1.807) is 4.68 Å². The van der Waals surface area contributed by atoms with Crippen LogP contribution in [0.4, 0.5) is 0 Å². The van der Waals surface area contributed by atoms with E-state index >= 15 is 0 Å². The summed E-state index contributed by atoms with van der Waals surface area (Å²) >= 11 is 0. The Morgan fingerprint density at radius 3 is 2.45 bits per heavy atom. The summed E-state index contributed by atoms with van der Waals surface area (Å²) in [5.74, 6) is 1.07. The van der Waals surface area contributed by atoms with Crippen molar-refractivity contribution in [2.75, 3.05) is 0 Å². The van der Waals surface area contributed by atoms with Crippen molar-refractivity contribution in [3.05, 3.63) is 82.9 Å². The Bertz CT molecular complexity index is 1110. The summed E-state index contributed by atoms with van der Waals surface area (Å²) < 4.78 is 13.4. The molecule has 2 aromatic carbocycles. The van der Waals surface area contributed by atoms with Crippen molar-refractivity contribution >= 4 is 0 Å². The summed E-state index contributed by atoms with van der Waals surface area (Å²) in [4.78, 5) is 0. The lowest BCUT2D eigenvalue weighted by Crippen LogP contribution is -2.22. The minimum absolute atomic E-state index is 0.0899. The highest BCUT2D eigenvalue weighted by Crippen LogP contribution is 2.44. The Balaban J connectivity index is 1.85. The van der Waals surface area contributed by atoms with Crippen molar-refractivity contribution in [1.82, 2.24) is 9.78 Å². The second kappa shape index (κ2) is 7.36. The van der Waals surface area contributed by atoms with Gasteiger partial charge >= 0.3 is 0 Å². The van der Waals surface area contributed by atoms with Gasteiger partial charge in [0.2, 0.25) is 11.8 Å². The number of benzene rings is 2. The highest BCUT2D eigenvalue weighted by molar-refractivity contribution is 5.57. The summed E-state index contributed by atoms with van der Waals surface area (Å²) in [7, 11) is 0. The zero-order valence-corrected chi connectivity index (χ0v) is 16.6. The summed E-state index contributed by atoms with van der Waals surface area (Å²) in [6.07, 6.45) is 0.0899. The zero-order valence-electron chi connectivity index (χ0n) is 16.6. The number of hydrogen-bond acceptors (Lipinski definition) is 5. The molecule has 0 fully saturated rings. The minimum Gasteiger partial charge on any atom is -0.491 e. The van der Waals surface area contributed by atoms with Crippen LogP contribution in [0.1, 0.15) is 36.6 Å². The van der Waals surface area contributed by atoms with E-state index in [1.165, 1.54) is 0 Å². The van der Waals surface area contributed by atoms with E-state index < -0.39 is 0 Å². The summed E-state index contributed by atoms with van der Waals surface area (Å²) in [6.45, 7) is 5.88. The van der Waals surface area contributed by atoms with E-state index in [0.717, 1.165) is 28.3 Å². The molecule has 0 radical (unpaired) electrons. The zero-order chi connectivity index (χ0) is 20.5. The maximum Gasteiger partial charge on any atom is 0.229 e. The van der Waals surface area contributed by atoms with Crippen molar-refractivity contribution < 1.29 is 9.47 Å². The lowest BCUT2D eigenvalue weighted by Gasteiger charge is -2.25. The van der Waals surface area contributed by atoms with Gasteiger partial charge in [-0.15, -0.1) is 0 Å². The summed E-state index contributed by atoms with van der Waals surface area (Å²) in [6, 6.07) is 19.7. The third kappa shape index (κ3) is 3.32. The third-order valence-corrected chi connectivity index (χ3v) is 4.82. The number of allylic oxidation sites excluding steroid dienone is 1. The molecule has 1 aliphatic rings. The molecule has 2 heterocycles. The van der Waals surface area contributed by atoms with Crippen LogP contribution in [-0.2, 0) is 0 Å². The van der Waals surface area contributed by atoms with Gasteiger partial charge < -0.3 is 15.2 Å². The van der Waals surface area contributed by atoms with Crippen LogP contribution in [0.2, 0.25) is 0 Å². The van der Waals surface area contributed by atoms with Crippen molar-refractivity contribution in [3.8, 4) is 23.4 Å². The molecule has 6 nitrogen and oxygen atoms in total. The molecule has 0 aliphatic carbocycles. The number of nitrogens with two attached hydrogens (primary N) is 1. The molecule has 4 rings (SSSR count). The molecule has 146 valence electrons. The first-order chi connectivity index (χ1) is 14.0. The lowest BCUT2D eigenvalue weighted by atomic mass is 9.84. The van der Waals surface area contributed by atoms with Crippen LogP contribution in [-0.4, -0.2) is 15.9 Å². The molecular formula is C23H22N4O2. The van der Waals surface area contributed by atoms with Crippen LogP contribution < -0.4 is 15.2 Å². The molecule has 6 heteroatoms. The van der Waals surface area contributed by atoms with Gasteiger partial charge in [-0.3, -0.25) is 0 Å². The number of aryl methyl sites for hydroxylation is 1. The highest BCUT2D eigenvalue weighted by atomic mass is 16.5. The van der Waals surface area contributed by atoms with Crippen LogP contribution in [0.3, 0.4) is 0 Å². The molecule has 0 unspecified atom stereocenters. The molecule has 0 saturated carbocycles. The van der Waals surface area contributed by atoms with Crippen LogP contribution in [0.5, 0.6) is 11.6 Å².